The summed E-state index contributed by atoms with van der Waals surface area (Å²) >= 11 is 0. The van der Waals surface area contributed by atoms with Crippen LogP contribution in [0.15, 0.2) is 12.7 Å². The van der Waals surface area contributed by atoms with Gasteiger partial charge in [-0.3, -0.25) is 4.79 Å². The maximum Gasteiger partial charge on any atom is 0.246 e. The molecular formula is C14H27NO2. The number of carbonyl (C=O) groups is 1. The van der Waals surface area contributed by atoms with Gasteiger partial charge in [-0.15, -0.1) is 0 Å². The second-order valence-electron chi connectivity index (χ2n) is 4.46. The van der Waals surface area contributed by atoms with Crippen molar-refractivity contribution in [3.05, 3.63) is 12.7 Å². The quantitative estimate of drug-likeness (QED) is 0.711. The lowest BCUT2D eigenvalue weighted by Crippen LogP contribution is -2.48. The molecule has 0 spiro atoms. The summed E-state index contributed by atoms with van der Waals surface area (Å²) in [6, 6.07) is 0. The van der Waals surface area contributed by atoms with Gasteiger partial charge in [-0.25, -0.2) is 0 Å². The average molecular weight is 241 g/mol. The molecule has 1 saturated heterocycles. The zero-order valence-electron chi connectivity index (χ0n) is 11.9. The normalized spacial score (nSPS) is 24.0. The van der Waals surface area contributed by atoms with E-state index in [0.717, 1.165) is 13.0 Å². The van der Waals surface area contributed by atoms with E-state index in [1.54, 1.807) is 7.11 Å². The minimum absolute atomic E-state index is 0.0132. The molecule has 0 aromatic carbocycles. The van der Waals surface area contributed by atoms with Crippen LogP contribution in [0, 0.1) is 11.8 Å². The molecule has 1 amide bonds. The van der Waals surface area contributed by atoms with E-state index in [1.807, 2.05) is 18.7 Å². The Morgan fingerprint density at radius 2 is 2.06 bits per heavy atom. The highest BCUT2D eigenvalue weighted by atomic mass is 16.5. The van der Waals surface area contributed by atoms with Gasteiger partial charge in [0.15, 0.2) is 0 Å². The molecule has 3 heteroatoms. The lowest BCUT2D eigenvalue weighted by molar-refractivity contribution is -0.132. The molecule has 2 atom stereocenters. The monoisotopic (exact) mass is 241 g/mol. The zero-order valence-corrected chi connectivity index (χ0v) is 11.9. The van der Waals surface area contributed by atoms with E-state index in [1.165, 1.54) is 6.08 Å². The molecule has 0 radical (unpaired) electrons. The van der Waals surface area contributed by atoms with E-state index in [0.29, 0.717) is 18.4 Å². The molecule has 100 valence electrons. The standard InChI is InChI=1S/C12H21NO2.C2H6/c1-5-12(14)13-7-6-10(9(2)3)11(8-13)15-4;1-2/h5,9-11H,1,6-8H2,2-4H3;1-2H3. The fourth-order valence-corrected chi connectivity index (χ4v) is 2.28. The van der Waals surface area contributed by atoms with Crippen LogP contribution in [0.1, 0.15) is 34.1 Å². The molecule has 1 aliphatic rings. The smallest absolute Gasteiger partial charge is 0.246 e. The van der Waals surface area contributed by atoms with E-state index >= 15 is 0 Å². The number of carbonyl (C=O) groups excluding carboxylic acids is 1. The number of rotatable bonds is 3. The molecule has 0 N–H and O–H groups in total. The van der Waals surface area contributed by atoms with Crippen molar-refractivity contribution in [3.8, 4) is 0 Å². The predicted octanol–water partition coefficient (Wildman–Crippen LogP) is 2.72. The Balaban J connectivity index is 0.00000121. The lowest BCUT2D eigenvalue weighted by atomic mass is 9.84. The number of nitrogens with zero attached hydrogens (tertiary/aromatic N) is 1. The first-order chi connectivity index (χ1) is 8.10. The van der Waals surface area contributed by atoms with Crippen molar-refractivity contribution < 1.29 is 9.53 Å². The summed E-state index contributed by atoms with van der Waals surface area (Å²) in [4.78, 5) is 13.3. The fraction of sp³-hybridized carbons (Fsp3) is 0.786. The molecule has 1 heterocycles. The van der Waals surface area contributed by atoms with Gasteiger partial charge < -0.3 is 9.64 Å². The second-order valence-corrected chi connectivity index (χ2v) is 4.46. The van der Waals surface area contributed by atoms with Crippen LogP contribution in [0.2, 0.25) is 0 Å². The molecule has 0 aromatic rings. The Bertz CT molecular complexity index is 238. The Morgan fingerprint density at radius 1 is 1.47 bits per heavy atom. The molecule has 1 rings (SSSR count). The third kappa shape index (κ3) is 4.50. The van der Waals surface area contributed by atoms with Crippen molar-refractivity contribution in [3.63, 3.8) is 0 Å². The Morgan fingerprint density at radius 3 is 2.47 bits per heavy atom. The first kappa shape index (κ1) is 16.2. The first-order valence-corrected chi connectivity index (χ1v) is 6.54. The molecule has 3 nitrogen and oxygen atoms in total. The van der Waals surface area contributed by atoms with E-state index in [4.69, 9.17) is 4.74 Å². The van der Waals surface area contributed by atoms with Gasteiger partial charge in [-0.2, -0.15) is 0 Å². The molecule has 2 unspecified atom stereocenters. The van der Waals surface area contributed by atoms with E-state index in [9.17, 15) is 4.79 Å². The lowest BCUT2D eigenvalue weighted by Gasteiger charge is -2.39. The van der Waals surface area contributed by atoms with Crippen LogP contribution in [0.3, 0.4) is 0 Å². The van der Waals surface area contributed by atoms with E-state index in [-0.39, 0.29) is 12.0 Å². The van der Waals surface area contributed by atoms with Gasteiger partial charge in [0.2, 0.25) is 5.91 Å². The summed E-state index contributed by atoms with van der Waals surface area (Å²) in [5.41, 5.74) is 0. The summed E-state index contributed by atoms with van der Waals surface area (Å²) < 4.78 is 5.46. The van der Waals surface area contributed by atoms with Crippen molar-refractivity contribution in [2.24, 2.45) is 11.8 Å². The summed E-state index contributed by atoms with van der Waals surface area (Å²) in [6.07, 6.45) is 2.57. The molecule has 1 fully saturated rings. The number of hydrogen-bond donors (Lipinski definition) is 0. The fourth-order valence-electron chi connectivity index (χ4n) is 2.28. The number of piperidine rings is 1. The van der Waals surface area contributed by atoms with Crippen LogP contribution in [0.5, 0.6) is 0 Å². The van der Waals surface area contributed by atoms with Gasteiger partial charge in [-0.05, 0) is 24.3 Å². The highest BCUT2D eigenvalue weighted by Gasteiger charge is 2.32. The molecule has 0 aliphatic carbocycles. The Kier molecular flexibility index (Phi) is 7.88. The minimum atomic E-state index is 0.0132. The SMILES string of the molecule is C=CC(=O)N1CCC(C(C)C)C(OC)C1.CC. The topological polar surface area (TPSA) is 29.5 Å². The van der Waals surface area contributed by atoms with Gasteiger partial charge in [0.1, 0.15) is 0 Å². The van der Waals surface area contributed by atoms with Crippen LogP contribution in [0.4, 0.5) is 0 Å². The average Bonchev–Trinajstić information content (AvgIpc) is 2.39. The minimum Gasteiger partial charge on any atom is -0.379 e. The van der Waals surface area contributed by atoms with Crippen molar-refractivity contribution in [2.75, 3.05) is 20.2 Å². The van der Waals surface area contributed by atoms with Crippen molar-refractivity contribution in [1.82, 2.24) is 4.90 Å². The van der Waals surface area contributed by atoms with E-state index in [2.05, 4.69) is 20.4 Å². The van der Waals surface area contributed by atoms with Gasteiger partial charge in [0.25, 0.3) is 0 Å². The highest BCUT2D eigenvalue weighted by molar-refractivity contribution is 5.87. The van der Waals surface area contributed by atoms with Crippen molar-refractivity contribution in [2.45, 2.75) is 40.2 Å². The number of hydrogen-bond acceptors (Lipinski definition) is 2. The maximum atomic E-state index is 11.5. The van der Waals surface area contributed by atoms with Crippen molar-refractivity contribution in [1.29, 1.82) is 0 Å². The van der Waals surface area contributed by atoms with Crippen molar-refractivity contribution >= 4 is 5.91 Å². The van der Waals surface area contributed by atoms with Gasteiger partial charge in [-0.1, -0.05) is 34.3 Å². The van der Waals surface area contributed by atoms with Gasteiger partial charge >= 0.3 is 0 Å². The molecule has 0 bridgehead atoms. The summed E-state index contributed by atoms with van der Waals surface area (Å²) in [5.74, 6) is 1.18. The van der Waals surface area contributed by atoms with Crippen LogP contribution in [-0.2, 0) is 9.53 Å². The van der Waals surface area contributed by atoms with E-state index < -0.39 is 0 Å². The van der Waals surface area contributed by atoms with Crippen LogP contribution in [-0.4, -0.2) is 37.1 Å². The van der Waals surface area contributed by atoms with Crippen LogP contribution in [0.25, 0.3) is 0 Å². The summed E-state index contributed by atoms with van der Waals surface area (Å²) in [6.45, 7) is 13.5. The largest absolute Gasteiger partial charge is 0.379 e. The third-order valence-corrected chi connectivity index (χ3v) is 3.26. The summed E-state index contributed by atoms with van der Waals surface area (Å²) in [5, 5.41) is 0. The molecule has 1 aliphatic heterocycles. The molecular weight excluding hydrogens is 214 g/mol. The molecule has 0 aromatic heterocycles. The molecule has 0 saturated carbocycles. The second kappa shape index (κ2) is 8.29. The molecule has 17 heavy (non-hydrogen) atoms. The highest BCUT2D eigenvalue weighted by Crippen LogP contribution is 2.26. The van der Waals surface area contributed by atoms with Gasteiger partial charge in [0, 0.05) is 20.2 Å². The number of amides is 1. The van der Waals surface area contributed by atoms with Gasteiger partial charge in [0.05, 0.1) is 6.10 Å². The number of methoxy groups -OCH3 is 1. The number of ether oxygens (including phenoxy) is 1. The number of likely N-dealkylation sites (tertiary alicyclic amines) is 1. The Labute approximate surface area is 106 Å². The summed E-state index contributed by atoms with van der Waals surface area (Å²) in [7, 11) is 1.72. The maximum absolute atomic E-state index is 11.5. The predicted molar refractivity (Wildman–Crippen MR) is 71.9 cm³/mol. The first-order valence-electron chi connectivity index (χ1n) is 6.54. The Hall–Kier alpha value is -0.830. The van der Waals surface area contributed by atoms with Crippen LogP contribution >= 0.6 is 0 Å². The zero-order chi connectivity index (χ0) is 13.4. The van der Waals surface area contributed by atoms with Crippen LogP contribution < -0.4 is 0 Å². The third-order valence-electron chi connectivity index (χ3n) is 3.26.